The van der Waals surface area contributed by atoms with E-state index >= 15 is 0 Å². The zero-order chi connectivity index (χ0) is 16.7. The van der Waals surface area contributed by atoms with E-state index in [-0.39, 0.29) is 0 Å². The van der Waals surface area contributed by atoms with Crippen molar-refractivity contribution >= 4 is 17.1 Å². The number of pyridine rings is 1. The van der Waals surface area contributed by atoms with Crippen LogP contribution in [0.3, 0.4) is 0 Å². The van der Waals surface area contributed by atoms with Crippen LogP contribution in [0.15, 0.2) is 51.5 Å². The summed E-state index contributed by atoms with van der Waals surface area (Å²) in [5.74, 6) is 0.468. The van der Waals surface area contributed by atoms with Crippen LogP contribution in [-0.2, 0) is 0 Å². The van der Waals surface area contributed by atoms with E-state index in [4.69, 9.17) is 14.7 Å². The van der Waals surface area contributed by atoms with Crippen molar-refractivity contribution in [2.24, 2.45) is 5.73 Å². The minimum atomic E-state index is -0.478. The molecule has 1 amide bonds. The Hall–Kier alpha value is -3.48. The van der Waals surface area contributed by atoms with E-state index in [1.54, 1.807) is 43.5 Å². The molecule has 24 heavy (non-hydrogen) atoms. The van der Waals surface area contributed by atoms with Gasteiger partial charge in [0.15, 0.2) is 5.69 Å². The lowest BCUT2D eigenvalue weighted by Gasteiger charge is -2.02. The molecule has 0 spiro atoms. The average Bonchev–Trinajstić information content (AvgIpc) is 3.18. The Labute approximate surface area is 136 Å². The van der Waals surface area contributed by atoms with Crippen molar-refractivity contribution in [1.29, 1.82) is 0 Å². The third kappa shape index (κ3) is 2.23. The molecule has 0 fully saturated rings. The van der Waals surface area contributed by atoms with E-state index in [2.05, 4.69) is 15.1 Å². The molecular formula is C17H12N4O3. The molecule has 118 valence electrons. The molecule has 0 aliphatic carbocycles. The summed E-state index contributed by atoms with van der Waals surface area (Å²) in [4.78, 5) is 19.7. The maximum Gasteiger partial charge on any atom is 0.252 e. The molecule has 3 aromatic heterocycles. The van der Waals surface area contributed by atoms with Crippen LogP contribution in [0.25, 0.3) is 33.9 Å². The van der Waals surface area contributed by atoms with Crippen molar-refractivity contribution in [2.75, 3.05) is 0 Å². The topological polar surface area (TPSA) is 108 Å². The Bertz CT molecular complexity index is 1010. The second kappa shape index (κ2) is 5.31. The number of fused-ring (bicyclic) bond motifs is 1. The summed E-state index contributed by atoms with van der Waals surface area (Å²) >= 11 is 0. The predicted octanol–water partition coefficient (Wildman–Crippen LogP) is 2.95. The molecule has 0 aliphatic rings. The zero-order valence-electron chi connectivity index (χ0n) is 12.7. The molecule has 0 bridgehead atoms. The molecule has 4 rings (SSSR count). The molecular weight excluding hydrogens is 308 g/mol. The van der Waals surface area contributed by atoms with Crippen LogP contribution in [0, 0.1) is 6.92 Å². The van der Waals surface area contributed by atoms with Gasteiger partial charge in [0, 0.05) is 11.8 Å². The highest BCUT2D eigenvalue weighted by Crippen LogP contribution is 2.34. The number of aromatic nitrogens is 3. The predicted molar refractivity (Wildman–Crippen MR) is 86.0 cm³/mol. The first-order valence-electron chi connectivity index (χ1n) is 7.22. The van der Waals surface area contributed by atoms with Crippen LogP contribution in [0.4, 0.5) is 0 Å². The van der Waals surface area contributed by atoms with Crippen molar-refractivity contribution in [1.82, 2.24) is 15.1 Å². The molecule has 0 aliphatic heterocycles. The highest BCUT2D eigenvalue weighted by atomic mass is 16.5. The zero-order valence-corrected chi connectivity index (χ0v) is 12.7. The summed E-state index contributed by atoms with van der Waals surface area (Å²) in [6.07, 6.45) is 1.63. The number of carbonyl (C=O) groups excluding carboxylic acids is 1. The molecule has 0 unspecified atom stereocenters. The number of aryl methyl sites for hydroxylation is 1. The van der Waals surface area contributed by atoms with Gasteiger partial charge in [-0.05, 0) is 36.8 Å². The van der Waals surface area contributed by atoms with Gasteiger partial charge in [-0.15, -0.1) is 0 Å². The van der Waals surface area contributed by atoms with Gasteiger partial charge in [-0.3, -0.25) is 4.79 Å². The third-order valence-electron chi connectivity index (χ3n) is 3.69. The Morgan fingerprint density at radius 1 is 1.17 bits per heavy atom. The molecule has 0 radical (unpaired) electrons. The van der Waals surface area contributed by atoms with E-state index in [9.17, 15) is 4.79 Å². The molecule has 4 aromatic rings. The third-order valence-corrected chi connectivity index (χ3v) is 3.69. The fourth-order valence-corrected chi connectivity index (χ4v) is 2.53. The Morgan fingerprint density at radius 3 is 2.67 bits per heavy atom. The second-order valence-electron chi connectivity index (χ2n) is 5.25. The first-order valence-corrected chi connectivity index (χ1v) is 7.22. The van der Waals surface area contributed by atoms with Crippen molar-refractivity contribution in [2.45, 2.75) is 6.92 Å². The van der Waals surface area contributed by atoms with Gasteiger partial charge in [0.2, 0.25) is 11.6 Å². The molecule has 0 saturated carbocycles. The monoisotopic (exact) mass is 320 g/mol. The second-order valence-corrected chi connectivity index (χ2v) is 5.25. The largest absolute Gasteiger partial charge is 0.416 e. The quantitative estimate of drug-likeness (QED) is 0.621. The molecule has 7 heteroatoms. The van der Waals surface area contributed by atoms with Crippen molar-refractivity contribution < 1.29 is 13.7 Å². The number of benzene rings is 1. The SMILES string of the molecule is Cc1onc(-c2nc3cccnc3o2)c1-c1ccc(C(N)=O)cc1. The summed E-state index contributed by atoms with van der Waals surface area (Å²) < 4.78 is 11.0. The lowest BCUT2D eigenvalue weighted by Crippen LogP contribution is -2.10. The fourth-order valence-electron chi connectivity index (χ4n) is 2.53. The number of oxazole rings is 1. The van der Waals surface area contributed by atoms with E-state index in [1.165, 1.54) is 0 Å². The number of nitrogens with two attached hydrogens (primary N) is 1. The van der Waals surface area contributed by atoms with Gasteiger partial charge in [0.05, 0.1) is 5.56 Å². The van der Waals surface area contributed by atoms with Gasteiger partial charge in [-0.25, -0.2) is 9.97 Å². The molecule has 1 aromatic carbocycles. The van der Waals surface area contributed by atoms with Crippen molar-refractivity contribution in [3.8, 4) is 22.7 Å². The molecule has 0 atom stereocenters. The lowest BCUT2D eigenvalue weighted by atomic mass is 10.0. The van der Waals surface area contributed by atoms with Gasteiger partial charge in [0.25, 0.3) is 5.89 Å². The van der Waals surface area contributed by atoms with Crippen molar-refractivity contribution in [3.05, 3.63) is 53.9 Å². The highest BCUT2D eigenvalue weighted by molar-refractivity contribution is 5.93. The maximum atomic E-state index is 11.2. The van der Waals surface area contributed by atoms with Crippen molar-refractivity contribution in [3.63, 3.8) is 0 Å². The minimum absolute atomic E-state index is 0.328. The number of rotatable bonds is 3. The van der Waals surface area contributed by atoms with Gasteiger partial charge in [-0.2, -0.15) is 0 Å². The van der Waals surface area contributed by atoms with Gasteiger partial charge in [-0.1, -0.05) is 17.3 Å². The van der Waals surface area contributed by atoms with E-state index < -0.39 is 5.91 Å². The molecule has 7 nitrogen and oxygen atoms in total. The standard InChI is InChI=1S/C17H12N4O3/c1-9-13(10-4-6-11(7-5-10)15(18)22)14(21-24-9)17-20-12-3-2-8-19-16(12)23-17/h2-8H,1H3,(H2,18,22). The van der Waals surface area contributed by atoms with Crippen LogP contribution in [-0.4, -0.2) is 21.0 Å². The van der Waals surface area contributed by atoms with Crippen LogP contribution < -0.4 is 5.73 Å². The van der Waals surface area contributed by atoms with Gasteiger partial charge < -0.3 is 14.7 Å². The maximum absolute atomic E-state index is 11.2. The van der Waals surface area contributed by atoms with Crippen LogP contribution >= 0.6 is 0 Å². The minimum Gasteiger partial charge on any atom is -0.416 e. The average molecular weight is 320 g/mol. The number of nitrogens with zero attached hydrogens (tertiary/aromatic N) is 3. The molecule has 0 saturated heterocycles. The highest BCUT2D eigenvalue weighted by Gasteiger charge is 2.21. The van der Waals surface area contributed by atoms with Crippen LogP contribution in [0.5, 0.6) is 0 Å². The van der Waals surface area contributed by atoms with Gasteiger partial charge in [0.1, 0.15) is 11.3 Å². The van der Waals surface area contributed by atoms with E-state index in [0.717, 1.165) is 11.1 Å². The summed E-state index contributed by atoms with van der Waals surface area (Å²) in [5.41, 5.74) is 8.84. The smallest absolute Gasteiger partial charge is 0.252 e. The fraction of sp³-hybridized carbons (Fsp3) is 0.0588. The van der Waals surface area contributed by atoms with E-state index in [1.807, 2.05) is 6.07 Å². The normalized spacial score (nSPS) is 11.0. The first kappa shape index (κ1) is 14.1. The van der Waals surface area contributed by atoms with Crippen LogP contribution in [0.2, 0.25) is 0 Å². The lowest BCUT2D eigenvalue weighted by molar-refractivity contribution is 0.100. The summed E-state index contributed by atoms with van der Waals surface area (Å²) in [6, 6.07) is 10.5. The molecule has 3 heterocycles. The first-order chi connectivity index (χ1) is 11.6. The summed E-state index contributed by atoms with van der Waals surface area (Å²) in [5, 5.41) is 4.06. The number of amides is 1. The molecule has 2 N–H and O–H groups in total. The number of hydrogen-bond acceptors (Lipinski definition) is 6. The Morgan fingerprint density at radius 2 is 1.96 bits per heavy atom. The summed E-state index contributed by atoms with van der Waals surface area (Å²) in [7, 11) is 0. The number of hydrogen-bond donors (Lipinski definition) is 1. The number of primary amides is 1. The Kier molecular flexibility index (Phi) is 3.13. The number of carbonyl (C=O) groups is 1. The van der Waals surface area contributed by atoms with Crippen LogP contribution in [0.1, 0.15) is 16.1 Å². The van der Waals surface area contributed by atoms with E-state index in [0.29, 0.717) is 34.1 Å². The van der Waals surface area contributed by atoms with Gasteiger partial charge >= 0.3 is 0 Å². The summed E-state index contributed by atoms with van der Waals surface area (Å²) in [6.45, 7) is 1.80. The Balaban J connectivity index is 1.85.